The number of ether oxygens (including phenoxy) is 2. The number of fused-ring (bicyclic) bond motifs is 1. The van der Waals surface area contributed by atoms with Gasteiger partial charge in [0.1, 0.15) is 17.6 Å². The quantitative estimate of drug-likeness (QED) is 0.458. The number of likely N-dealkylation sites (N-methyl/N-ethyl adjacent to an activating group) is 1. The molecule has 3 atom stereocenters. The lowest BCUT2D eigenvalue weighted by Gasteiger charge is -2.38. The van der Waals surface area contributed by atoms with E-state index in [4.69, 9.17) is 9.47 Å². The minimum atomic E-state index is -3.83. The first-order valence-corrected chi connectivity index (χ1v) is 15.6. The van der Waals surface area contributed by atoms with E-state index < -0.39 is 22.2 Å². The lowest BCUT2D eigenvalue weighted by molar-refractivity contribution is -0.120. The van der Waals surface area contributed by atoms with Crippen LogP contribution < -0.4 is 14.8 Å². The van der Waals surface area contributed by atoms with Gasteiger partial charge >= 0.3 is 0 Å². The zero-order valence-electron chi connectivity index (χ0n) is 24.2. The van der Waals surface area contributed by atoms with Crippen LogP contribution in [0.15, 0.2) is 47.4 Å². The van der Waals surface area contributed by atoms with Gasteiger partial charge in [-0.2, -0.15) is 4.31 Å². The maximum Gasteiger partial charge on any atom is 0.258 e. The van der Waals surface area contributed by atoms with Gasteiger partial charge in [0.2, 0.25) is 15.9 Å². The average molecular weight is 588 g/mol. The van der Waals surface area contributed by atoms with E-state index in [0.717, 1.165) is 32.1 Å². The zero-order chi connectivity index (χ0) is 29.7. The minimum Gasteiger partial charge on any atom is -0.497 e. The van der Waals surface area contributed by atoms with Crippen LogP contribution in [0.5, 0.6) is 11.5 Å². The molecule has 1 saturated carbocycles. The van der Waals surface area contributed by atoms with Gasteiger partial charge in [0.15, 0.2) is 0 Å². The van der Waals surface area contributed by atoms with E-state index in [1.807, 2.05) is 6.92 Å². The highest BCUT2D eigenvalue weighted by Gasteiger charge is 2.35. The van der Waals surface area contributed by atoms with Gasteiger partial charge in [-0.15, -0.1) is 0 Å². The SMILES string of the molecule is COc1ccc(S(=O)(=O)N(C)C[C@H]2Oc3ccc(NC(=O)C4CCCCC4)cc3C(=O)N([C@@H](C)CO)C[C@H]2C)cc1. The Bertz CT molecular complexity index is 1330. The lowest BCUT2D eigenvalue weighted by atomic mass is 9.88. The Kier molecular flexibility index (Phi) is 9.93. The number of carbonyl (C=O) groups is 2. The molecule has 10 nitrogen and oxygen atoms in total. The Morgan fingerprint density at radius 2 is 1.85 bits per heavy atom. The number of sulfonamides is 1. The third kappa shape index (κ3) is 7.02. The molecule has 1 aliphatic carbocycles. The maximum atomic E-state index is 13.7. The Balaban J connectivity index is 1.61. The Hall–Kier alpha value is -3.15. The van der Waals surface area contributed by atoms with E-state index in [1.54, 1.807) is 42.2 Å². The predicted molar refractivity (Wildman–Crippen MR) is 156 cm³/mol. The molecule has 0 bridgehead atoms. The van der Waals surface area contributed by atoms with Crippen LogP contribution in [0.3, 0.4) is 0 Å². The van der Waals surface area contributed by atoms with Gasteiger partial charge in [0.05, 0.1) is 36.8 Å². The van der Waals surface area contributed by atoms with E-state index in [-0.39, 0.29) is 53.8 Å². The monoisotopic (exact) mass is 587 g/mol. The molecule has 1 heterocycles. The number of benzene rings is 2. The van der Waals surface area contributed by atoms with Crippen LogP contribution in [0.4, 0.5) is 5.69 Å². The fraction of sp³-hybridized carbons (Fsp3) is 0.533. The molecule has 0 unspecified atom stereocenters. The molecule has 0 aromatic heterocycles. The van der Waals surface area contributed by atoms with Gasteiger partial charge in [-0.1, -0.05) is 26.2 Å². The molecule has 2 amide bonds. The van der Waals surface area contributed by atoms with Crippen LogP contribution in [-0.2, 0) is 14.8 Å². The number of nitrogens with one attached hydrogen (secondary N) is 1. The van der Waals surface area contributed by atoms with E-state index in [0.29, 0.717) is 17.2 Å². The van der Waals surface area contributed by atoms with E-state index in [9.17, 15) is 23.1 Å². The molecule has 2 aromatic rings. The van der Waals surface area contributed by atoms with Crippen molar-refractivity contribution in [1.29, 1.82) is 0 Å². The van der Waals surface area contributed by atoms with Crippen LogP contribution in [0.25, 0.3) is 0 Å². The first-order valence-electron chi connectivity index (χ1n) is 14.2. The standard InChI is InChI=1S/C30H41N3O7S/c1-20-17-33(21(2)19-34)30(36)26-16-23(31-29(35)22-8-6-5-7-9-22)10-15-27(26)40-28(20)18-32(3)41(37,38)25-13-11-24(39-4)12-14-25/h10-16,20-22,28,34H,5-9,17-19H2,1-4H3,(H,31,35)/t20-,21+,28-/m1/s1. The summed E-state index contributed by atoms with van der Waals surface area (Å²) >= 11 is 0. The fourth-order valence-corrected chi connectivity index (χ4v) is 6.59. The molecule has 224 valence electrons. The van der Waals surface area contributed by atoms with Gasteiger partial charge in [-0.3, -0.25) is 9.59 Å². The maximum absolute atomic E-state index is 13.7. The molecule has 2 N–H and O–H groups in total. The third-order valence-corrected chi connectivity index (χ3v) is 9.95. The Labute approximate surface area is 242 Å². The van der Waals surface area contributed by atoms with Crippen LogP contribution in [0, 0.1) is 11.8 Å². The van der Waals surface area contributed by atoms with Gasteiger partial charge in [-0.05, 0) is 62.2 Å². The summed E-state index contributed by atoms with van der Waals surface area (Å²) < 4.78 is 39.4. The highest BCUT2D eigenvalue weighted by molar-refractivity contribution is 7.89. The van der Waals surface area contributed by atoms with Gasteiger partial charge in [-0.25, -0.2) is 8.42 Å². The van der Waals surface area contributed by atoms with Crippen molar-refractivity contribution in [2.45, 2.75) is 63.0 Å². The number of aliphatic hydroxyl groups is 1. The summed E-state index contributed by atoms with van der Waals surface area (Å²) in [5.41, 5.74) is 0.751. The second-order valence-electron chi connectivity index (χ2n) is 11.1. The number of hydrogen-bond donors (Lipinski definition) is 2. The molecule has 2 aromatic carbocycles. The number of rotatable bonds is 9. The fourth-order valence-electron chi connectivity index (χ4n) is 5.41. The van der Waals surface area contributed by atoms with Crippen molar-refractivity contribution in [3.05, 3.63) is 48.0 Å². The van der Waals surface area contributed by atoms with Crippen molar-refractivity contribution in [2.75, 3.05) is 39.2 Å². The number of anilines is 1. The van der Waals surface area contributed by atoms with Crippen LogP contribution >= 0.6 is 0 Å². The second-order valence-corrected chi connectivity index (χ2v) is 13.2. The number of amides is 2. The Morgan fingerprint density at radius 3 is 2.49 bits per heavy atom. The molecular formula is C30H41N3O7S. The predicted octanol–water partition coefficient (Wildman–Crippen LogP) is 3.75. The number of hydrogen-bond acceptors (Lipinski definition) is 7. The lowest BCUT2D eigenvalue weighted by Crippen LogP contribution is -2.50. The average Bonchev–Trinajstić information content (AvgIpc) is 2.99. The smallest absolute Gasteiger partial charge is 0.258 e. The first-order chi connectivity index (χ1) is 19.5. The van der Waals surface area contributed by atoms with Crippen LogP contribution in [-0.4, -0.2) is 80.5 Å². The summed E-state index contributed by atoms with van der Waals surface area (Å²) in [7, 11) is -0.819. The number of nitrogens with zero attached hydrogens (tertiary/aromatic N) is 2. The summed E-state index contributed by atoms with van der Waals surface area (Å²) in [6.07, 6.45) is 4.32. The van der Waals surface area contributed by atoms with Crippen molar-refractivity contribution >= 4 is 27.5 Å². The highest BCUT2D eigenvalue weighted by Crippen LogP contribution is 2.32. The van der Waals surface area contributed by atoms with Crippen molar-refractivity contribution in [1.82, 2.24) is 9.21 Å². The highest BCUT2D eigenvalue weighted by atomic mass is 32.2. The van der Waals surface area contributed by atoms with E-state index in [1.165, 1.54) is 30.6 Å². The molecule has 0 radical (unpaired) electrons. The summed E-state index contributed by atoms with van der Waals surface area (Å²) in [6, 6.07) is 10.7. The van der Waals surface area contributed by atoms with E-state index >= 15 is 0 Å². The van der Waals surface area contributed by atoms with Crippen LogP contribution in [0.2, 0.25) is 0 Å². The topological polar surface area (TPSA) is 125 Å². The van der Waals surface area contributed by atoms with Crippen molar-refractivity contribution in [3.8, 4) is 11.5 Å². The van der Waals surface area contributed by atoms with Crippen LogP contribution in [0.1, 0.15) is 56.3 Å². The zero-order valence-corrected chi connectivity index (χ0v) is 25.0. The molecule has 2 aliphatic rings. The number of carbonyl (C=O) groups excluding carboxylic acids is 2. The first kappa shape index (κ1) is 30.8. The molecule has 0 saturated heterocycles. The van der Waals surface area contributed by atoms with E-state index in [2.05, 4.69) is 5.32 Å². The van der Waals surface area contributed by atoms with Gasteiger partial charge in [0.25, 0.3) is 5.91 Å². The second kappa shape index (κ2) is 13.2. The molecule has 41 heavy (non-hydrogen) atoms. The molecular weight excluding hydrogens is 546 g/mol. The number of aliphatic hydroxyl groups excluding tert-OH is 1. The van der Waals surface area contributed by atoms with Crippen molar-refractivity contribution < 1.29 is 32.6 Å². The number of methoxy groups -OCH3 is 1. The molecule has 1 fully saturated rings. The molecule has 11 heteroatoms. The van der Waals surface area contributed by atoms with Gasteiger partial charge in [0, 0.05) is 31.1 Å². The summed E-state index contributed by atoms with van der Waals surface area (Å²) in [5, 5.41) is 12.9. The normalized spacial score (nSPS) is 20.9. The summed E-state index contributed by atoms with van der Waals surface area (Å²) in [5.74, 6) is 0.170. The van der Waals surface area contributed by atoms with Crippen molar-refractivity contribution in [2.24, 2.45) is 11.8 Å². The molecule has 4 rings (SSSR count). The summed E-state index contributed by atoms with van der Waals surface area (Å²) in [6.45, 7) is 3.71. The van der Waals surface area contributed by atoms with Crippen molar-refractivity contribution in [3.63, 3.8) is 0 Å². The third-order valence-electron chi connectivity index (χ3n) is 8.11. The molecule has 1 aliphatic heterocycles. The minimum absolute atomic E-state index is 0.0324. The Morgan fingerprint density at radius 1 is 1.17 bits per heavy atom. The van der Waals surface area contributed by atoms with Gasteiger partial charge < -0.3 is 24.8 Å². The molecule has 0 spiro atoms. The largest absolute Gasteiger partial charge is 0.497 e. The summed E-state index contributed by atoms with van der Waals surface area (Å²) in [4.78, 5) is 28.3.